The van der Waals surface area contributed by atoms with Crippen molar-refractivity contribution < 1.29 is 33.4 Å². The number of aromatic nitrogens is 1. The molecule has 2 aromatic carbocycles. The van der Waals surface area contributed by atoms with Gasteiger partial charge in [0.25, 0.3) is 5.91 Å². The van der Waals surface area contributed by atoms with Crippen LogP contribution in [0.5, 0.6) is 0 Å². The molecule has 1 fully saturated rings. The molecular formula is C34H42N4O7. The minimum Gasteiger partial charge on any atom is -0.465 e. The molecule has 1 aliphatic carbocycles. The Labute approximate surface area is 262 Å². The monoisotopic (exact) mass is 618 g/mol. The number of esters is 1. The number of rotatable bonds is 15. The first kappa shape index (κ1) is 33.5. The SMILES string of the molecule is CCOC(=O)CNC(=O)C(=O)C(COCc1ccccc1)NC(=O)C(CN)(C(=O)c1cc2ccccc2n1C)C1CCCCC1. The maximum atomic E-state index is 14.5. The average Bonchev–Trinajstić information content (AvgIpc) is 3.40. The van der Waals surface area contributed by atoms with Gasteiger partial charge in [-0.05, 0) is 43.4 Å². The molecule has 0 radical (unpaired) electrons. The van der Waals surface area contributed by atoms with Crippen molar-refractivity contribution in [1.29, 1.82) is 0 Å². The fourth-order valence-corrected chi connectivity index (χ4v) is 6.11. The van der Waals surface area contributed by atoms with Crippen LogP contribution < -0.4 is 16.4 Å². The highest BCUT2D eigenvalue weighted by atomic mass is 16.5. The number of nitrogens with one attached hydrogen (secondary N) is 2. The van der Waals surface area contributed by atoms with Gasteiger partial charge in [0.2, 0.25) is 11.7 Å². The van der Waals surface area contributed by atoms with Gasteiger partial charge in [-0.3, -0.25) is 24.0 Å². The Morgan fingerprint density at radius 3 is 2.36 bits per heavy atom. The normalized spacial score (nSPS) is 15.5. The topological polar surface area (TPSA) is 159 Å². The first-order chi connectivity index (χ1) is 21.7. The van der Waals surface area contributed by atoms with Crippen LogP contribution in [0.3, 0.4) is 0 Å². The fraction of sp³-hybridized carbons (Fsp3) is 0.441. The van der Waals surface area contributed by atoms with E-state index in [1.54, 1.807) is 24.6 Å². The average molecular weight is 619 g/mol. The number of nitrogens with two attached hydrogens (primary N) is 1. The quantitative estimate of drug-likeness (QED) is 0.102. The van der Waals surface area contributed by atoms with Crippen LogP contribution in [0.4, 0.5) is 0 Å². The van der Waals surface area contributed by atoms with E-state index in [1.165, 1.54) is 0 Å². The van der Waals surface area contributed by atoms with Gasteiger partial charge in [0, 0.05) is 24.5 Å². The lowest BCUT2D eigenvalue weighted by atomic mass is 9.64. The molecule has 45 heavy (non-hydrogen) atoms. The first-order valence-corrected chi connectivity index (χ1v) is 15.4. The van der Waals surface area contributed by atoms with E-state index >= 15 is 0 Å². The van der Waals surface area contributed by atoms with E-state index in [2.05, 4.69) is 10.6 Å². The van der Waals surface area contributed by atoms with E-state index in [1.807, 2.05) is 54.6 Å². The van der Waals surface area contributed by atoms with Crippen molar-refractivity contribution in [2.24, 2.45) is 24.1 Å². The maximum Gasteiger partial charge on any atom is 0.325 e. The fourth-order valence-electron chi connectivity index (χ4n) is 6.11. The summed E-state index contributed by atoms with van der Waals surface area (Å²) in [5, 5.41) is 5.79. The van der Waals surface area contributed by atoms with Crippen LogP contribution in [0, 0.1) is 11.3 Å². The number of aryl methyl sites for hydroxylation is 1. The second-order valence-corrected chi connectivity index (χ2v) is 11.4. The number of para-hydroxylation sites is 1. The molecule has 1 heterocycles. The molecular weight excluding hydrogens is 576 g/mol. The lowest BCUT2D eigenvalue weighted by Crippen LogP contribution is -2.61. The molecule has 2 atom stereocenters. The zero-order chi connectivity index (χ0) is 32.4. The Kier molecular flexibility index (Phi) is 11.6. The van der Waals surface area contributed by atoms with Crippen LogP contribution in [0.1, 0.15) is 55.1 Å². The highest BCUT2D eigenvalue weighted by Crippen LogP contribution is 2.41. The van der Waals surface area contributed by atoms with Crippen LogP contribution in [0.2, 0.25) is 0 Å². The zero-order valence-corrected chi connectivity index (χ0v) is 25.9. The lowest BCUT2D eigenvalue weighted by molar-refractivity contribution is -0.146. The summed E-state index contributed by atoms with van der Waals surface area (Å²) in [6, 6.07) is 17.1. The molecule has 0 saturated heterocycles. The van der Waals surface area contributed by atoms with Gasteiger partial charge >= 0.3 is 5.97 Å². The summed E-state index contributed by atoms with van der Waals surface area (Å²) in [7, 11) is 1.77. The molecule has 0 spiro atoms. The molecule has 1 saturated carbocycles. The second-order valence-electron chi connectivity index (χ2n) is 11.4. The number of carbonyl (C=O) groups excluding carboxylic acids is 5. The van der Waals surface area contributed by atoms with Crippen molar-refractivity contribution in [3.63, 3.8) is 0 Å². The smallest absolute Gasteiger partial charge is 0.325 e. The van der Waals surface area contributed by atoms with Gasteiger partial charge in [-0.25, -0.2) is 0 Å². The number of ketones is 2. The summed E-state index contributed by atoms with van der Waals surface area (Å²) in [5.74, 6) is -4.36. The third-order valence-corrected chi connectivity index (χ3v) is 8.56. The molecule has 4 rings (SSSR count). The molecule has 11 nitrogen and oxygen atoms in total. The van der Waals surface area contributed by atoms with Crippen molar-refractivity contribution in [2.45, 2.75) is 51.7 Å². The van der Waals surface area contributed by atoms with Crippen molar-refractivity contribution >= 4 is 40.3 Å². The summed E-state index contributed by atoms with van der Waals surface area (Å²) < 4.78 is 12.4. The second kappa shape index (κ2) is 15.6. The summed E-state index contributed by atoms with van der Waals surface area (Å²) >= 11 is 0. The number of nitrogens with zero attached hydrogens (tertiary/aromatic N) is 1. The van der Waals surface area contributed by atoms with E-state index in [0.29, 0.717) is 18.5 Å². The van der Waals surface area contributed by atoms with Gasteiger partial charge in [0.15, 0.2) is 5.78 Å². The molecule has 2 amide bonds. The minimum absolute atomic E-state index is 0.113. The number of benzene rings is 2. The van der Waals surface area contributed by atoms with Crippen molar-refractivity contribution in [2.75, 3.05) is 26.3 Å². The lowest BCUT2D eigenvalue weighted by Gasteiger charge is -2.40. The first-order valence-electron chi connectivity index (χ1n) is 15.4. The van der Waals surface area contributed by atoms with E-state index in [4.69, 9.17) is 15.2 Å². The van der Waals surface area contributed by atoms with Gasteiger partial charge in [0.1, 0.15) is 18.0 Å². The third-order valence-electron chi connectivity index (χ3n) is 8.56. The molecule has 240 valence electrons. The van der Waals surface area contributed by atoms with Gasteiger partial charge in [0.05, 0.1) is 25.5 Å². The van der Waals surface area contributed by atoms with E-state index in [-0.39, 0.29) is 32.3 Å². The minimum atomic E-state index is -1.69. The Bertz CT molecular complexity index is 1510. The van der Waals surface area contributed by atoms with Crippen LogP contribution in [-0.2, 0) is 42.3 Å². The summed E-state index contributed by atoms with van der Waals surface area (Å²) in [6.45, 7) is 0.699. The van der Waals surface area contributed by atoms with Crippen LogP contribution in [0.25, 0.3) is 10.9 Å². The number of Topliss-reactive ketones (excluding diaryl/α,β-unsaturated/α-hetero) is 2. The Morgan fingerprint density at radius 1 is 1.00 bits per heavy atom. The highest BCUT2D eigenvalue weighted by molar-refractivity contribution is 6.38. The summed E-state index contributed by atoms with van der Waals surface area (Å²) in [4.78, 5) is 67.0. The van der Waals surface area contributed by atoms with E-state index in [0.717, 1.165) is 35.7 Å². The number of hydrogen-bond donors (Lipinski definition) is 3. The zero-order valence-electron chi connectivity index (χ0n) is 25.9. The van der Waals surface area contributed by atoms with Gasteiger partial charge in [-0.2, -0.15) is 0 Å². The molecule has 1 aromatic heterocycles. The van der Waals surface area contributed by atoms with Gasteiger partial charge in [-0.15, -0.1) is 0 Å². The van der Waals surface area contributed by atoms with Crippen molar-refractivity contribution in [1.82, 2.24) is 15.2 Å². The Hall–Kier alpha value is -4.35. The molecule has 11 heteroatoms. The summed E-state index contributed by atoms with van der Waals surface area (Å²) in [5.41, 5.74) is 6.68. The number of ether oxygens (including phenoxy) is 2. The van der Waals surface area contributed by atoms with E-state index < -0.39 is 47.4 Å². The molecule has 0 bridgehead atoms. The number of fused-ring (bicyclic) bond motifs is 1. The van der Waals surface area contributed by atoms with Crippen molar-refractivity contribution in [3.05, 3.63) is 71.9 Å². The Balaban J connectivity index is 1.65. The van der Waals surface area contributed by atoms with Crippen LogP contribution in [-0.4, -0.2) is 66.3 Å². The third kappa shape index (κ3) is 7.66. The maximum absolute atomic E-state index is 14.5. The molecule has 4 N–H and O–H groups in total. The number of carbonyl (C=O) groups is 5. The van der Waals surface area contributed by atoms with Crippen LogP contribution >= 0.6 is 0 Å². The molecule has 0 aliphatic heterocycles. The molecule has 2 unspecified atom stereocenters. The molecule has 3 aromatic rings. The predicted octanol–water partition coefficient (Wildman–Crippen LogP) is 2.84. The Morgan fingerprint density at radius 2 is 1.69 bits per heavy atom. The predicted molar refractivity (Wildman–Crippen MR) is 168 cm³/mol. The highest BCUT2D eigenvalue weighted by Gasteiger charge is 2.52. The standard InChI is InChI=1S/C34H42N4O7/c1-3-45-29(39)19-36-32(42)30(40)26(21-44-20-23-12-6-4-7-13-23)37-33(43)34(22-35,25-15-8-5-9-16-25)31(41)28-18-24-14-10-11-17-27(24)38(28)2/h4,6-7,10-14,17-18,25-26H,3,5,8-9,15-16,19-22,35H2,1-2H3,(H,36,42)(H,37,43). The van der Waals surface area contributed by atoms with Gasteiger partial charge in [-0.1, -0.05) is 67.8 Å². The summed E-state index contributed by atoms with van der Waals surface area (Å²) in [6.07, 6.45) is 3.88. The number of hydrogen-bond acceptors (Lipinski definition) is 8. The van der Waals surface area contributed by atoms with Crippen LogP contribution in [0.15, 0.2) is 60.7 Å². The molecule has 1 aliphatic rings. The number of amides is 2. The largest absolute Gasteiger partial charge is 0.465 e. The van der Waals surface area contributed by atoms with Crippen molar-refractivity contribution in [3.8, 4) is 0 Å². The van der Waals surface area contributed by atoms with E-state index in [9.17, 15) is 24.0 Å². The van der Waals surface area contributed by atoms with Gasteiger partial charge < -0.3 is 30.4 Å².